The number of nitrogens with one attached hydrogen (secondary N) is 2. The fourth-order valence-corrected chi connectivity index (χ4v) is 2.81. The van der Waals surface area contributed by atoms with Crippen LogP contribution in [0.2, 0.25) is 0 Å². The van der Waals surface area contributed by atoms with Gasteiger partial charge in [-0.15, -0.1) is 35.3 Å². The van der Waals surface area contributed by atoms with Gasteiger partial charge in [-0.25, -0.2) is 9.98 Å². The third-order valence-corrected chi connectivity index (χ3v) is 4.18. The molecule has 0 amide bonds. The minimum absolute atomic E-state index is 0. The maximum absolute atomic E-state index is 4.66. The summed E-state index contributed by atoms with van der Waals surface area (Å²) < 4.78 is 0. The molecule has 2 rings (SSSR count). The van der Waals surface area contributed by atoms with Crippen LogP contribution in [0.1, 0.15) is 22.4 Å². The van der Waals surface area contributed by atoms with Crippen LogP contribution in [0, 0.1) is 6.92 Å². The Morgan fingerprint density at radius 3 is 2.71 bits per heavy atom. The van der Waals surface area contributed by atoms with E-state index < -0.39 is 0 Å². The summed E-state index contributed by atoms with van der Waals surface area (Å²) in [6, 6.07) is 8.43. The van der Waals surface area contributed by atoms with Crippen LogP contribution in [0.4, 0.5) is 5.69 Å². The van der Waals surface area contributed by atoms with E-state index in [9.17, 15) is 0 Å². The van der Waals surface area contributed by atoms with Crippen molar-refractivity contribution in [2.24, 2.45) is 4.99 Å². The van der Waals surface area contributed by atoms with Gasteiger partial charge in [0, 0.05) is 37.4 Å². The Kier molecular flexibility index (Phi) is 9.05. The first kappa shape index (κ1) is 20.7. The number of benzene rings is 1. The molecule has 0 aliphatic heterocycles. The van der Waals surface area contributed by atoms with E-state index in [4.69, 9.17) is 0 Å². The molecule has 7 heteroatoms. The van der Waals surface area contributed by atoms with Crippen LogP contribution in [-0.2, 0) is 13.1 Å². The molecule has 0 aliphatic carbocycles. The normalized spacial score (nSPS) is 10.9. The van der Waals surface area contributed by atoms with Crippen LogP contribution in [0.15, 0.2) is 35.5 Å². The average molecular weight is 459 g/mol. The molecule has 0 aliphatic rings. The number of aryl methyl sites for hydroxylation is 1. The average Bonchev–Trinajstić information content (AvgIpc) is 2.96. The number of nitrogens with zero attached hydrogens (tertiary/aromatic N) is 3. The largest absolute Gasteiger partial charge is 0.378 e. The maximum Gasteiger partial charge on any atom is 0.191 e. The van der Waals surface area contributed by atoms with Crippen LogP contribution < -0.4 is 15.5 Å². The van der Waals surface area contributed by atoms with Crippen molar-refractivity contribution >= 4 is 47.0 Å². The Hall–Kier alpha value is -1.35. The van der Waals surface area contributed by atoms with Crippen molar-refractivity contribution in [1.29, 1.82) is 0 Å². The van der Waals surface area contributed by atoms with Crippen molar-refractivity contribution in [2.75, 3.05) is 25.5 Å². The molecule has 0 saturated carbocycles. The predicted molar refractivity (Wildman–Crippen MR) is 115 cm³/mol. The molecule has 2 aromatic rings. The van der Waals surface area contributed by atoms with Crippen LogP contribution >= 0.6 is 35.3 Å². The number of halogens is 1. The molecule has 132 valence electrons. The van der Waals surface area contributed by atoms with Crippen molar-refractivity contribution in [1.82, 2.24) is 15.6 Å². The molecule has 0 spiro atoms. The minimum atomic E-state index is 0. The highest BCUT2D eigenvalue weighted by molar-refractivity contribution is 14.0. The molecule has 1 heterocycles. The molecule has 1 aromatic heterocycles. The Labute approximate surface area is 165 Å². The van der Waals surface area contributed by atoms with Gasteiger partial charge in [-0.2, -0.15) is 0 Å². The number of thiazole rings is 1. The van der Waals surface area contributed by atoms with E-state index in [1.807, 2.05) is 20.3 Å². The Bertz CT molecular complexity index is 654. The van der Waals surface area contributed by atoms with E-state index in [2.05, 4.69) is 63.6 Å². The molecule has 0 radical (unpaired) electrons. The lowest BCUT2D eigenvalue weighted by Gasteiger charge is -2.13. The molecule has 24 heavy (non-hydrogen) atoms. The standard InChI is InChI=1S/C17H25N5S.HI/c1-5-18-17(21-12-16-19-10-13(2)23-16)20-11-14-7-6-8-15(9-14)22(3)4;/h6-10H,5,11-12H2,1-4H3,(H2,18,20,21);1H. The first-order valence-corrected chi connectivity index (χ1v) is 8.60. The van der Waals surface area contributed by atoms with Gasteiger partial charge in [0.05, 0.1) is 13.1 Å². The lowest BCUT2D eigenvalue weighted by Crippen LogP contribution is -2.36. The predicted octanol–water partition coefficient (Wildman–Crippen LogP) is 3.39. The second-order valence-corrected chi connectivity index (χ2v) is 6.80. The minimum Gasteiger partial charge on any atom is -0.378 e. The molecule has 1 aromatic carbocycles. The molecule has 5 nitrogen and oxygen atoms in total. The number of aliphatic imine (C=N–C) groups is 1. The third-order valence-electron chi connectivity index (χ3n) is 3.27. The van der Waals surface area contributed by atoms with E-state index in [0.29, 0.717) is 13.1 Å². The third kappa shape index (κ3) is 6.64. The highest BCUT2D eigenvalue weighted by Gasteiger charge is 2.02. The summed E-state index contributed by atoms with van der Waals surface area (Å²) in [4.78, 5) is 12.3. The van der Waals surface area contributed by atoms with Gasteiger partial charge in [-0.05, 0) is 31.5 Å². The Morgan fingerprint density at radius 1 is 1.29 bits per heavy atom. The van der Waals surface area contributed by atoms with Gasteiger partial charge < -0.3 is 15.5 Å². The molecular formula is C17H26IN5S. The summed E-state index contributed by atoms with van der Waals surface area (Å²) in [5, 5.41) is 7.68. The highest BCUT2D eigenvalue weighted by Crippen LogP contribution is 2.14. The molecule has 0 atom stereocenters. The zero-order valence-electron chi connectivity index (χ0n) is 14.7. The van der Waals surface area contributed by atoms with Crippen LogP contribution in [0.3, 0.4) is 0 Å². The Balaban J connectivity index is 0.00000288. The monoisotopic (exact) mass is 459 g/mol. The first-order chi connectivity index (χ1) is 11.1. The van der Waals surface area contributed by atoms with E-state index in [1.165, 1.54) is 16.1 Å². The van der Waals surface area contributed by atoms with Crippen LogP contribution in [0.25, 0.3) is 0 Å². The second kappa shape index (κ2) is 10.5. The zero-order chi connectivity index (χ0) is 16.7. The summed E-state index contributed by atoms with van der Waals surface area (Å²) in [5.41, 5.74) is 2.38. The quantitative estimate of drug-likeness (QED) is 0.395. The van der Waals surface area contributed by atoms with Crippen molar-refractivity contribution < 1.29 is 0 Å². The Morgan fingerprint density at radius 2 is 2.08 bits per heavy atom. The van der Waals surface area contributed by atoms with Gasteiger partial charge in [0.2, 0.25) is 0 Å². The van der Waals surface area contributed by atoms with E-state index in [-0.39, 0.29) is 24.0 Å². The van der Waals surface area contributed by atoms with Crippen LogP contribution in [0.5, 0.6) is 0 Å². The second-order valence-electron chi connectivity index (χ2n) is 5.48. The van der Waals surface area contributed by atoms with Crippen molar-refractivity contribution in [3.8, 4) is 0 Å². The number of hydrogen-bond donors (Lipinski definition) is 2. The summed E-state index contributed by atoms with van der Waals surface area (Å²) in [5.74, 6) is 0.815. The molecule has 0 fully saturated rings. The molecule has 0 saturated heterocycles. The smallest absolute Gasteiger partial charge is 0.191 e. The SMILES string of the molecule is CCNC(=NCc1cccc(N(C)C)c1)NCc1ncc(C)s1.I. The molecular weight excluding hydrogens is 433 g/mol. The zero-order valence-corrected chi connectivity index (χ0v) is 17.8. The summed E-state index contributed by atoms with van der Waals surface area (Å²) in [6.45, 7) is 6.31. The number of guanidine groups is 1. The van der Waals surface area contributed by atoms with Gasteiger partial charge in [0.1, 0.15) is 5.01 Å². The number of anilines is 1. The summed E-state index contributed by atoms with van der Waals surface area (Å²) in [7, 11) is 4.09. The molecule has 0 bridgehead atoms. The lowest BCUT2D eigenvalue weighted by molar-refractivity contribution is 0.811. The fourth-order valence-electron chi connectivity index (χ4n) is 2.09. The van der Waals surface area contributed by atoms with E-state index in [1.54, 1.807) is 11.3 Å². The van der Waals surface area contributed by atoms with Gasteiger partial charge in [-0.3, -0.25) is 0 Å². The van der Waals surface area contributed by atoms with Crippen molar-refractivity contribution in [3.05, 3.63) is 45.9 Å². The molecule has 2 N–H and O–H groups in total. The van der Waals surface area contributed by atoms with Gasteiger partial charge in [0.15, 0.2) is 5.96 Å². The number of hydrogen-bond acceptors (Lipinski definition) is 4. The van der Waals surface area contributed by atoms with Gasteiger partial charge >= 0.3 is 0 Å². The fraction of sp³-hybridized carbons (Fsp3) is 0.412. The number of rotatable bonds is 6. The highest BCUT2D eigenvalue weighted by atomic mass is 127. The topological polar surface area (TPSA) is 52.6 Å². The van der Waals surface area contributed by atoms with Gasteiger partial charge in [-0.1, -0.05) is 12.1 Å². The van der Waals surface area contributed by atoms with E-state index >= 15 is 0 Å². The van der Waals surface area contributed by atoms with Crippen molar-refractivity contribution in [3.63, 3.8) is 0 Å². The maximum atomic E-state index is 4.66. The van der Waals surface area contributed by atoms with Crippen molar-refractivity contribution in [2.45, 2.75) is 26.9 Å². The number of aromatic nitrogens is 1. The summed E-state index contributed by atoms with van der Waals surface area (Å²) in [6.07, 6.45) is 1.90. The lowest BCUT2D eigenvalue weighted by atomic mass is 10.2. The van der Waals surface area contributed by atoms with Gasteiger partial charge in [0.25, 0.3) is 0 Å². The van der Waals surface area contributed by atoms with Crippen LogP contribution in [-0.4, -0.2) is 31.6 Å². The summed E-state index contributed by atoms with van der Waals surface area (Å²) >= 11 is 1.71. The molecule has 0 unspecified atom stereocenters. The first-order valence-electron chi connectivity index (χ1n) is 7.78. The van der Waals surface area contributed by atoms with E-state index in [0.717, 1.165) is 17.5 Å².